The fourth-order valence-corrected chi connectivity index (χ4v) is 7.72. The summed E-state index contributed by atoms with van der Waals surface area (Å²) >= 11 is 0. The summed E-state index contributed by atoms with van der Waals surface area (Å²) in [7, 11) is 0. The predicted molar refractivity (Wildman–Crippen MR) is 130 cm³/mol. The molecule has 7 nitrogen and oxygen atoms in total. The molecule has 190 valence electrons. The molecule has 0 aromatic rings. The number of aliphatic hydroxyl groups excluding tert-OH is 1. The standard InChI is InChI=1S/C27H42N2O5/c1-16(2)13-22(25(32)33)28-24(31)15-34-29-18-9-11-26(3)17(14-18)5-6-19-20-7-8-23(30)27(20,4)12-10-21(19)26/h14,16,19-23,30H,5-13,15H2,1-4H3,(H,28,31)(H,32,33). The Morgan fingerprint density at radius 3 is 2.62 bits per heavy atom. The highest BCUT2D eigenvalue weighted by molar-refractivity contribution is 5.96. The van der Waals surface area contributed by atoms with E-state index in [4.69, 9.17) is 4.84 Å². The van der Waals surface area contributed by atoms with E-state index >= 15 is 0 Å². The molecule has 34 heavy (non-hydrogen) atoms. The van der Waals surface area contributed by atoms with E-state index in [1.165, 1.54) is 18.4 Å². The van der Waals surface area contributed by atoms with Gasteiger partial charge in [0.25, 0.3) is 5.91 Å². The van der Waals surface area contributed by atoms with Crippen LogP contribution in [0.15, 0.2) is 16.8 Å². The van der Waals surface area contributed by atoms with Crippen molar-refractivity contribution in [3.8, 4) is 0 Å². The first kappa shape index (κ1) is 25.2. The minimum Gasteiger partial charge on any atom is -0.480 e. The Kier molecular flexibility index (Phi) is 7.14. The second kappa shape index (κ2) is 9.63. The Hall–Kier alpha value is -1.89. The molecule has 3 fully saturated rings. The van der Waals surface area contributed by atoms with Crippen molar-refractivity contribution < 1.29 is 24.6 Å². The molecule has 0 heterocycles. The molecule has 4 aliphatic rings. The fraction of sp³-hybridized carbons (Fsp3) is 0.815. The maximum Gasteiger partial charge on any atom is 0.326 e. The van der Waals surface area contributed by atoms with Crippen molar-refractivity contribution in [3.05, 3.63) is 11.6 Å². The number of carbonyl (C=O) groups is 2. The number of allylic oxidation sites excluding steroid dienone is 2. The molecule has 0 saturated heterocycles. The average Bonchev–Trinajstić information content (AvgIpc) is 3.07. The molecular formula is C27H42N2O5. The molecule has 0 radical (unpaired) electrons. The zero-order valence-corrected chi connectivity index (χ0v) is 21.2. The van der Waals surface area contributed by atoms with Crippen LogP contribution in [0.4, 0.5) is 0 Å². The van der Waals surface area contributed by atoms with E-state index in [1.54, 1.807) is 0 Å². The third-order valence-corrected chi connectivity index (χ3v) is 9.65. The van der Waals surface area contributed by atoms with Crippen LogP contribution in [0, 0.1) is 34.5 Å². The third kappa shape index (κ3) is 4.65. The molecule has 0 aromatic carbocycles. The minimum absolute atomic E-state index is 0.100. The van der Waals surface area contributed by atoms with Crippen LogP contribution in [0.5, 0.6) is 0 Å². The van der Waals surface area contributed by atoms with Gasteiger partial charge in [-0.3, -0.25) is 4.79 Å². The number of carboxylic acid groups (broad SMARTS) is 1. The largest absolute Gasteiger partial charge is 0.480 e. The van der Waals surface area contributed by atoms with E-state index in [0.717, 1.165) is 44.2 Å². The molecule has 1 amide bonds. The Balaban J connectivity index is 1.37. The number of carboxylic acids is 1. The summed E-state index contributed by atoms with van der Waals surface area (Å²) in [6.07, 6.45) is 11.0. The van der Waals surface area contributed by atoms with Gasteiger partial charge in [0.15, 0.2) is 6.61 Å². The number of oxime groups is 1. The number of aliphatic hydroxyl groups is 1. The lowest BCUT2D eigenvalue weighted by molar-refractivity contribution is -0.143. The number of hydrogen-bond acceptors (Lipinski definition) is 5. The lowest BCUT2D eigenvalue weighted by Crippen LogP contribution is -2.51. The van der Waals surface area contributed by atoms with Crippen LogP contribution >= 0.6 is 0 Å². The summed E-state index contributed by atoms with van der Waals surface area (Å²) in [6.45, 7) is 8.31. The number of aliphatic carboxylic acids is 1. The van der Waals surface area contributed by atoms with Crippen molar-refractivity contribution in [2.45, 2.75) is 97.6 Å². The van der Waals surface area contributed by atoms with E-state index < -0.39 is 17.9 Å². The van der Waals surface area contributed by atoms with Gasteiger partial charge in [-0.05, 0) is 98.4 Å². The van der Waals surface area contributed by atoms with Crippen LogP contribution in [0.25, 0.3) is 0 Å². The van der Waals surface area contributed by atoms with Gasteiger partial charge in [0.1, 0.15) is 6.04 Å². The molecule has 7 unspecified atom stereocenters. The fourth-order valence-electron chi connectivity index (χ4n) is 7.72. The highest BCUT2D eigenvalue weighted by Gasteiger charge is 2.58. The number of amides is 1. The molecule has 7 atom stereocenters. The number of fused-ring (bicyclic) bond motifs is 5. The molecule has 4 rings (SSSR count). The maximum absolute atomic E-state index is 12.2. The second-order valence-corrected chi connectivity index (χ2v) is 12.1. The molecule has 7 heteroatoms. The summed E-state index contributed by atoms with van der Waals surface area (Å²) in [5.41, 5.74) is 2.60. The van der Waals surface area contributed by atoms with Gasteiger partial charge in [-0.25, -0.2) is 4.79 Å². The van der Waals surface area contributed by atoms with Crippen molar-refractivity contribution in [2.75, 3.05) is 6.61 Å². The smallest absolute Gasteiger partial charge is 0.326 e. The first-order valence-corrected chi connectivity index (χ1v) is 13.1. The van der Waals surface area contributed by atoms with Gasteiger partial charge in [-0.15, -0.1) is 0 Å². The Morgan fingerprint density at radius 2 is 1.91 bits per heavy atom. The van der Waals surface area contributed by atoms with Crippen LogP contribution in [0.1, 0.15) is 85.5 Å². The van der Waals surface area contributed by atoms with Gasteiger partial charge >= 0.3 is 5.97 Å². The van der Waals surface area contributed by atoms with Crippen LogP contribution < -0.4 is 5.32 Å². The van der Waals surface area contributed by atoms with Crippen LogP contribution in [-0.2, 0) is 14.4 Å². The Morgan fingerprint density at radius 1 is 1.15 bits per heavy atom. The zero-order chi connectivity index (χ0) is 24.7. The van der Waals surface area contributed by atoms with Crippen molar-refractivity contribution in [3.63, 3.8) is 0 Å². The van der Waals surface area contributed by atoms with Crippen LogP contribution in [0.3, 0.4) is 0 Å². The third-order valence-electron chi connectivity index (χ3n) is 9.65. The lowest BCUT2D eigenvalue weighted by Gasteiger charge is -2.57. The minimum atomic E-state index is -1.03. The number of nitrogens with one attached hydrogen (secondary N) is 1. The normalized spacial score (nSPS) is 39.0. The van der Waals surface area contributed by atoms with Gasteiger partial charge in [0.2, 0.25) is 0 Å². The number of nitrogens with zero attached hydrogens (tertiary/aromatic N) is 1. The highest BCUT2D eigenvalue weighted by atomic mass is 16.6. The van der Waals surface area contributed by atoms with E-state index in [-0.39, 0.29) is 29.5 Å². The van der Waals surface area contributed by atoms with Gasteiger partial charge in [-0.1, -0.05) is 38.4 Å². The van der Waals surface area contributed by atoms with Gasteiger partial charge in [0.05, 0.1) is 11.8 Å². The number of carbonyl (C=O) groups excluding carboxylic acids is 1. The van der Waals surface area contributed by atoms with Crippen molar-refractivity contribution >= 4 is 17.6 Å². The summed E-state index contributed by atoms with van der Waals surface area (Å²) < 4.78 is 0. The summed E-state index contributed by atoms with van der Waals surface area (Å²) in [4.78, 5) is 28.8. The SMILES string of the molecule is CC(C)CC(NC(=O)CON=C1C=C2CCC3C(CCC4(C)C(O)CCC34)C2(C)CC1)C(=O)O. The lowest BCUT2D eigenvalue weighted by atomic mass is 9.47. The van der Waals surface area contributed by atoms with Crippen molar-refractivity contribution in [1.82, 2.24) is 5.32 Å². The predicted octanol–water partition coefficient (Wildman–Crippen LogP) is 4.30. The summed E-state index contributed by atoms with van der Waals surface area (Å²) in [6, 6.07) is -0.908. The first-order valence-electron chi connectivity index (χ1n) is 13.1. The summed E-state index contributed by atoms with van der Waals surface area (Å²) in [5.74, 6) is 0.674. The molecule has 0 bridgehead atoms. The number of hydrogen-bond donors (Lipinski definition) is 3. The molecular weight excluding hydrogens is 432 g/mol. The van der Waals surface area contributed by atoms with Gasteiger partial charge in [-0.2, -0.15) is 0 Å². The van der Waals surface area contributed by atoms with Crippen molar-refractivity contribution in [1.29, 1.82) is 0 Å². The number of rotatable bonds is 7. The second-order valence-electron chi connectivity index (χ2n) is 12.1. The van der Waals surface area contributed by atoms with E-state index in [9.17, 15) is 19.8 Å². The topological polar surface area (TPSA) is 108 Å². The van der Waals surface area contributed by atoms with Crippen molar-refractivity contribution in [2.24, 2.45) is 39.7 Å². The zero-order valence-electron chi connectivity index (χ0n) is 21.2. The molecule has 3 saturated carbocycles. The van der Waals surface area contributed by atoms with Gasteiger partial charge < -0.3 is 20.4 Å². The van der Waals surface area contributed by atoms with Crippen LogP contribution in [0.2, 0.25) is 0 Å². The molecule has 4 aliphatic carbocycles. The maximum atomic E-state index is 12.2. The van der Waals surface area contributed by atoms with Crippen LogP contribution in [-0.4, -0.2) is 46.6 Å². The van der Waals surface area contributed by atoms with Gasteiger partial charge in [0, 0.05) is 0 Å². The summed E-state index contributed by atoms with van der Waals surface area (Å²) in [5, 5.41) is 26.7. The highest BCUT2D eigenvalue weighted by Crippen LogP contribution is 2.65. The molecule has 3 N–H and O–H groups in total. The van der Waals surface area contributed by atoms with E-state index in [0.29, 0.717) is 24.2 Å². The van der Waals surface area contributed by atoms with E-state index in [2.05, 4.69) is 30.4 Å². The quantitative estimate of drug-likeness (QED) is 0.477. The van der Waals surface area contributed by atoms with E-state index in [1.807, 2.05) is 13.8 Å². The Bertz CT molecular complexity index is 867. The molecule has 0 aliphatic heterocycles. The average molecular weight is 475 g/mol. The first-order chi connectivity index (χ1) is 16.0. The molecule has 0 aromatic heterocycles. The monoisotopic (exact) mass is 474 g/mol. The molecule has 0 spiro atoms. The Labute approximate surface area is 203 Å².